The molecule has 1 N–H and O–H groups in total. The molecular formula is C20H19ClN4O2. The van der Waals surface area contributed by atoms with Crippen LogP contribution in [-0.4, -0.2) is 27.8 Å². The van der Waals surface area contributed by atoms with Crippen molar-refractivity contribution in [1.29, 1.82) is 0 Å². The Bertz CT molecular complexity index is 928. The predicted molar refractivity (Wildman–Crippen MR) is 105 cm³/mol. The summed E-state index contributed by atoms with van der Waals surface area (Å²) in [6, 6.07) is 15.2. The van der Waals surface area contributed by atoms with E-state index < -0.39 is 5.97 Å². The molecule has 3 aromatic rings. The number of anilines is 1. The molecule has 0 saturated carbocycles. The lowest BCUT2D eigenvalue weighted by atomic mass is 10.1. The number of hydrogen-bond donors (Lipinski definition) is 1. The molecule has 1 heterocycles. The minimum atomic E-state index is -0.563. The van der Waals surface area contributed by atoms with Gasteiger partial charge in [-0.2, -0.15) is 0 Å². The first-order valence-corrected chi connectivity index (χ1v) is 8.92. The second-order valence-corrected chi connectivity index (χ2v) is 6.34. The van der Waals surface area contributed by atoms with Gasteiger partial charge in [0.05, 0.1) is 6.61 Å². The fourth-order valence-corrected chi connectivity index (χ4v) is 2.53. The van der Waals surface area contributed by atoms with E-state index in [1.807, 2.05) is 43.3 Å². The molecule has 7 heteroatoms. The summed E-state index contributed by atoms with van der Waals surface area (Å²) >= 11 is 5.92. The average molecular weight is 383 g/mol. The highest BCUT2D eigenvalue weighted by Gasteiger charge is 2.18. The summed E-state index contributed by atoms with van der Waals surface area (Å²) in [5.74, 6) is 0.196. The van der Waals surface area contributed by atoms with Crippen LogP contribution in [0.5, 0.6) is 0 Å². The molecule has 2 aromatic carbocycles. The van der Waals surface area contributed by atoms with E-state index in [4.69, 9.17) is 16.3 Å². The Morgan fingerprint density at radius 1 is 1.07 bits per heavy atom. The molecule has 0 fully saturated rings. The third kappa shape index (κ3) is 4.80. The van der Waals surface area contributed by atoms with Crippen molar-refractivity contribution >= 4 is 23.4 Å². The molecule has 27 heavy (non-hydrogen) atoms. The van der Waals surface area contributed by atoms with Gasteiger partial charge in [0, 0.05) is 17.1 Å². The van der Waals surface area contributed by atoms with Crippen molar-refractivity contribution in [2.24, 2.45) is 0 Å². The number of esters is 1. The number of nitrogens with one attached hydrogen (secondary N) is 1. The van der Waals surface area contributed by atoms with Crippen LogP contribution in [0.2, 0.25) is 5.02 Å². The average Bonchev–Trinajstić information content (AvgIpc) is 2.68. The number of carbonyl (C=O) groups excluding carboxylic acids is 1. The first kappa shape index (κ1) is 18.8. The standard InChI is InChI=1S/C20H19ClN4O2/c1-3-27-20(26)17-19(22-12-14-6-10-16(21)11-7-14)23-18(25-24-17)15-8-4-13(2)5-9-15/h4-11H,3,12H2,1-2H3,(H,22,23,25). The second-order valence-electron chi connectivity index (χ2n) is 5.90. The van der Waals surface area contributed by atoms with Crippen molar-refractivity contribution in [1.82, 2.24) is 15.2 Å². The SMILES string of the molecule is CCOC(=O)c1nnc(-c2ccc(C)cc2)nc1NCc1ccc(Cl)cc1. The van der Waals surface area contributed by atoms with Gasteiger partial charge in [-0.1, -0.05) is 53.6 Å². The Kier molecular flexibility index (Phi) is 5.98. The zero-order valence-electron chi connectivity index (χ0n) is 15.1. The van der Waals surface area contributed by atoms with E-state index >= 15 is 0 Å². The Morgan fingerprint density at radius 2 is 1.78 bits per heavy atom. The Labute approximate surface area is 162 Å². The molecule has 0 aliphatic carbocycles. The van der Waals surface area contributed by atoms with Crippen LogP contribution in [0, 0.1) is 6.92 Å². The van der Waals surface area contributed by atoms with Gasteiger partial charge in [0.1, 0.15) is 0 Å². The number of nitrogens with zero attached hydrogens (tertiary/aromatic N) is 3. The van der Waals surface area contributed by atoms with E-state index in [0.29, 0.717) is 23.2 Å². The van der Waals surface area contributed by atoms with E-state index in [-0.39, 0.29) is 12.3 Å². The molecule has 0 unspecified atom stereocenters. The highest BCUT2D eigenvalue weighted by Crippen LogP contribution is 2.20. The predicted octanol–water partition coefficient (Wildman–Crippen LogP) is 4.29. The molecule has 3 rings (SSSR count). The number of aryl methyl sites for hydroxylation is 1. The number of carbonyl (C=O) groups is 1. The largest absolute Gasteiger partial charge is 0.461 e. The summed E-state index contributed by atoms with van der Waals surface area (Å²) in [5, 5.41) is 12.0. The van der Waals surface area contributed by atoms with Gasteiger partial charge in [-0.15, -0.1) is 10.2 Å². The maximum Gasteiger partial charge on any atom is 0.362 e. The van der Waals surface area contributed by atoms with Crippen LogP contribution in [0.4, 0.5) is 5.82 Å². The number of ether oxygens (including phenoxy) is 1. The smallest absolute Gasteiger partial charge is 0.362 e. The number of benzene rings is 2. The van der Waals surface area contributed by atoms with Gasteiger partial charge < -0.3 is 10.1 Å². The van der Waals surface area contributed by atoms with Crippen LogP contribution in [0.1, 0.15) is 28.5 Å². The maximum absolute atomic E-state index is 12.2. The molecule has 0 aliphatic heterocycles. The van der Waals surface area contributed by atoms with E-state index in [2.05, 4.69) is 20.5 Å². The first-order valence-electron chi connectivity index (χ1n) is 8.54. The third-order valence-corrected chi connectivity index (χ3v) is 4.09. The lowest BCUT2D eigenvalue weighted by molar-refractivity contribution is 0.0519. The van der Waals surface area contributed by atoms with Gasteiger partial charge in [-0.3, -0.25) is 0 Å². The molecule has 0 saturated heterocycles. The van der Waals surface area contributed by atoms with Crippen LogP contribution < -0.4 is 5.32 Å². The minimum absolute atomic E-state index is 0.0571. The third-order valence-electron chi connectivity index (χ3n) is 3.84. The molecular weight excluding hydrogens is 364 g/mol. The van der Waals surface area contributed by atoms with Crippen molar-refractivity contribution in [3.63, 3.8) is 0 Å². The van der Waals surface area contributed by atoms with Crippen molar-refractivity contribution in [3.8, 4) is 11.4 Å². The molecule has 0 atom stereocenters. The fraction of sp³-hybridized carbons (Fsp3) is 0.200. The van der Waals surface area contributed by atoms with Gasteiger partial charge in [0.2, 0.25) is 5.69 Å². The zero-order valence-corrected chi connectivity index (χ0v) is 15.8. The summed E-state index contributed by atoms with van der Waals surface area (Å²) in [5.41, 5.74) is 3.00. The van der Waals surface area contributed by atoms with Crippen LogP contribution in [0.15, 0.2) is 48.5 Å². The van der Waals surface area contributed by atoms with E-state index in [1.54, 1.807) is 19.1 Å². The fourth-order valence-electron chi connectivity index (χ4n) is 2.40. The number of halogens is 1. The Balaban J connectivity index is 1.90. The summed E-state index contributed by atoms with van der Waals surface area (Å²) in [6.45, 7) is 4.44. The lowest BCUT2D eigenvalue weighted by Crippen LogP contribution is -2.15. The molecule has 0 radical (unpaired) electrons. The van der Waals surface area contributed by atoms with Crippen molar-refractivity contribution in [2.75, 3.05) is 11.9 Å². The Hall–Kier alpha value is -2.99. The van der Waals surface area contributed by atoms with Gasteiger partial charge in [0.15, 0.2) is 11.6 Å². The van der Waals surface area contributed by atoms with Gasteiger partial charge in [-0.05, 0) is 31.5 Å². The monoisotopic (exact) mass is 382 g/mol. The number of rotatable bonds is 6. The summed E-state index contributed by atoms with van der Waals surface area (Å²) in [7, 11) is 0. The topological polar surface area (TPSA) is 77.0 Å². The normalized spacial score (nSPS) is 10.5. The van der Waals surface area contributed by atoms with Gasteiger partial charge >= 0.3 is 5.97 Å². The van der Waals surface area contributed by atoms with E-state index in [0.717, 1.165) is 16.7 Å². The highest BCUT2D eigenvalue weighted by atomic mass is 35.5. The zero-order chi connectivity index (χ0) is 19.2. The number of aromatic nitrogens is 3. The summed E-state index contributed by atoms with van der Waals surface area (Å²) < 4.78 is 5.06. The van der Waals surface area contributed by atoms with Crippen molar-refractivity contribution in [2.45, 2.75) is 20.4 Å². The quantitative estimate of drug-likeness (QED) is 0.641. The van der Waals surface area contributed by atoms with Crippen molar-refractivity contribution in [3.05, 3.63) is 70.4 Å². The first-order chi connectivity index (χ1) is 13.1. The maximum atomic E-state index is 12.2. The molecule has 0 aliphatic rings. The van der Waals surface area contributed by atoms with Gasteiger partial charge in [-0.25, -0.2) is 9.78 Å². The second kappa shape index (κ2) is 8.60. The van der Waals surface area contributed by atoms with E-state index in [9.17, 15) is 4.79 Å². The van der Waals surface area contributed by atoms with E-state index in [1.165, 1.54) is 0 Å². The molecule has 138 valence electrons. The molecule has 0 spiro atoms. The Morgan fingerprint density at radius 3 is 2.44 bits per heavy atom. The van der Waals surface area contributed by atoms with Crippen molar-refractivity contribution < 1.29 is 9.53 Å². The number of hydrogen-bond acceptors (Lipinski definition) is 6. The van der Waals surface area contributed by atoms with Crippen LogP contribution >= 0.6 is 11.6 Å². The van der Waals surface area contributed by atoms with Crippen LogP contribution in [-0.2, 0) is 11.3 Å². The molecule has 1 aromatic heterocycles. The summed E-state index contributed by atoms with van der Waals surface area (Å²) in [6.07, 6.45) is 0. The molecule has 6 nitrogen and oxygen atoms in total. The molecule has 0 amide bonds. The minimum Gasteiger partial charge on any atom is -0.461 e. The lowest BCUT2D eigenvalue weighted by Gasteiger charge is -2.11. The van der Waals surface area contributed by atoms with Crippen LogP contribution in [0.3, 0.4) is 0 Å². The van der Waals surface area contributed by atoms with Crippen LogP contribution in [0.25, 0.3) is 11.4 Å². The highest BCUT2D eigenvalue weighted by molar-refractivity contribution is 6.30. The molecule has 0 bridgehead atoms. The summed E-state index contributed by atoms with van der Waals surface area (Å²) in [4.78, 5) is 16.7. The van der Waals surface area contributed by atoms with Gasteiger partial charge in [0.25, 0.3) is 0 Å².